The number of halogens is 2. The first-order valence-corrected chi connectivity index (χ1v) is 10.8. The number of unbranched alkanes of at least 4 members (excludes halogenated alkanes) is 1. The number of hydrogen-bond acceptors (Lipinski definition) is 4. The fourth-order valence-electron chi connectivity index (χ4n) is 4.24. The molecule has 2 saturated heterocycles. The monoisotopic (exact) mass is 392 g/mol. The lowest BCUT2D eigenvalue weighted by molar-refractivity contribution is 0.0688. The Labute approximate surface area is 165 Å². The predicted molar refractivity (Wildman–Crippen MR) is 110 cm³/mol. The summed E-state index contributed by atoms with van der Waals surface area (Å²) in [5, 5.41) is 0. The molecule has 148 valence electrons. The molecule has 0 N–H and O–H groups in total. The van der Waals surface area contributed by atoms with Gasteiger partial charge in [-0.25, -0.2) is 0 Å². The number of alkyl halides is 2. The smallest absolute Gasteiger partial charge is 0.175 e. The highest BCUT2D eigenvalue weighted by Crippen LogP contribution is 2.38. The first-order valence-electron chi connectivity index (χ1n) is 10.0. The van der Waals surface area contributed by atoms with Gasteiger partial charge in [0.2, 0.25) is 0 Å². The Kier molecular flexibility index (Phi) is 8.77. The van der Waals surface area contributed by atoms with Crippen LogP contribution in [0.25, 0.3) is 0 Å². The number of hydrogen-bond donors (Lipinski definition) is 0. The molecule has 0 aromatic rings. The minimum absolute atomic E-state index is 0.291. The van der Waals surface area contributed by atoms with Crippen molar-refractivity contribution in [2.24, 2.45) is 11.8 Å². The maximum atomic E-state index is 7.06. The van der Waals surface area contributed by atoms with Crippen LogP contribution in [-0.4, -0.2) is 97.1 Å². The van der Waals surface area contributed by atoms with E-state index in [4.69, 9.17) is 23.2 Å². The Hall–Kier alpha value is 0.420. The van der Waals surface area contributed by atoms with Gasteiger partial charge in [0.25, 0.3) is 0 Å². The Balaban J connectivity index is 2.22. The van der Waals surface area contributed by atoms with Gasteiger partial charge in [0.15, 0.2) is 4.46 Å². The van der Waals surface area contributed by atoms with Crippen LogP contribution in [0.15, 0.2) is 0 Å². The maximum absolute atomic E-state index is 7.06. The SMILES string of the molecule is CCCCC1CN(C)CCN2CCN(CCN(C)CC(C)C2)C1(Cl)Cl. The molecule has 0 spiro atoms. The van der Waals surface area contributed by atoms with E-state index >= 15 is 0 Å². The highest BCUT2D eigenvalue weighted by atomic mass is 35.5. The Morgan fingerprint density at radius 1 is 0.880 bits per heavy atom. The van der Waals surface area contributed by atoms with Gasteiger partial charge in [-0.3, -0.25) is 4.90 Å². The fraction of sp³-hybridized carbons (Fsp3) is 1.00. The molecule has 2 aliphatic rings. The van der Waals surface area contributed by atoms with Gasteiger partial charge < -0.3 is 14.7 Å². The standard InChI is InChI=1S/C19H38Cl2N4/c1-5-6-7-18-16-23(4)8-10-24-11-13-25(19(18,20)21)12-9-22(3)14-17(2)15-24/h17-18H,5-16H2,1-4H3. The van der Waals surface area contributed by atoms with Crippen molar-refractivity contribution in [3.05, 3.63) is 0 Å². The van der Waals surface area contributed by atoms with Crippen LogP contribution in [0.5, 0.6) is 0 Å². The van der Waals surface area contributed by atoms with Crippen molar-refractivity contribution < 1.29 is 0 Å². The van der Waals surface area contributed by atoms with Gasteiger partial charge in [0, 0.05) is 64.8 Å². The molecule has 0 saturated carbocycles. The predicted octanol–water partition coefficient (Wildman–Crippen LogP) is 3.06. The molecule has 0 aromatic carbocycles. The van der Waals surface area contributed by atoms with Crippen molar-refractivity contribution in [2.45, 2.75) is 37.6 Å². The largest absolute Gasteiger partial charge is 0.305 e. The molecular weight excluding hydrogens is 355 g/mol. The summed E-state index contributed by atoms with van der Waals surface area (Å²) in [7, 11) is 4.44. The van der Waals surface area contributed by atoms with Gasteiger partial charge in [-0.2, -0.15) is 0 Å². The van der Waals surface area contributed by atoms with Crippen molar-refractivity contribution in [1.29, 1.82) is 0 Å². The molecule has 2 heterocycles. The van der Waals surface area contributed by atoms with Crippen LogP contribution >= 0.6 is 23.2 Å². The molecular formula is C19H38Cl2N4. The minimum Gasteiger partial charge on any atom is -0.305 e. The fourth-order valence-corrected chi connectivity index (χ4v) is 4.94. The molecule has 2 fully saturated rings. The molecule has 0 amide bonds. The average Bonchev–Trinajstić information content (AvgIpc) is 2.54. The second kappa shape index (κ2) is 10.1. The van der Waals surface area contributed by atoms with E-state index in [0.717, 1.165) is 65.3 Å². The van der Waals surface area contributed by atoms with E-state index < -0.39 is 4.46 Å². The Bertz CT molecular complexity index is 394. The van der Waals surface area contributed by atoms with Crippen molar-refractivity contribution in [1.82, 2.24) is 19.6 Å². The van der Waals surface area contributed by atoms with E-state index in [-0.39, 0.29) is 0 Å². The molecule has 0 aromatic heterocycles. The van der Waals surface area contributed by atoms with Gasteiger partial charge in [-0.05, 0) is 26.4 Å². The Morgan fingerprint density at radius 3 is 2.20 bits per heavy atom. The minimum atomic E-state index is -0.780. The van der Waals surface area contributed by atoms with Crippen molar-refractivity contribution in [3.63, 3.8) is 0 Å². The molecule has 2 aliphatic heterocycles. The summed E-state index contributed by atoms with van der Waals surface area (Å²) in [6.07, 6.45) is 3.48. The first-order chi connectivity index (χ1) is 11.8. The van der Waals surface area contributed by atoms with Crippen LogP contribution in [0.1, 0.15) is 33.1 Å². The zero-order chi connectivity index (χ0) is 18.4. The Morgan fingerprint density at radius 2 is 1.48 bits per heavy atom. The van der Waals surface area contributed by atoms with E-state index in [9.17, 15) is 0 Å². The molecule has 2 rings (SSSR count). The third kappa shape index (κ3) is 6.51. The van der Waals surface area contributed by atoms with E-state index in [1.165, 1.54) is 12.8 Å². The average molecular weight is 393 g/mol. The number of rotatable bonds is 3. The van der Waals surface area contributed by atoms with Crippen LogP contribution in [0.2, 0.25) is 0 Å². The van der Waals surface area contributed by atoms with Crippen LogP contribution in [0.4, 0.5) is 0 Å². The van der Waals surface area contributed by atoms with Gasteiger partial charge in [0.05, 0.1) is 0 Å². The summed E-state index contributed by atoms with van der Waals surface area (Å²) < 4.78 is -0.780. The van der Waals surface area contributed by atoms with Gasteiger partial charge in [0.1, 0.15) is 0 Å². The molecule has 6 heteroatoms. The summed E-state index contributed by atoms with van der Waals surface area (Å²) in [5.74, 6) is 0.985. The second-order valence-electron chi connectivity index (χ2n) is 8.34. The molecule has 4 atom stereocenters. The molecule has 2 bridgehead atoms. The highest BCUT2D eigenvalue weighted by Gasteiger charge is 2.41. The van der Waals surface area contributed by atoms with Crippen molar-refractivity contribution in [2.75, 3.05) is 73.0 Å². The number of likely N-dealkylation sites (N-methyl/N-ethyl adjacent to an activating group) is 2. The lowest BCUT2D eigenvalue weighted by Crippen LogP contribution is -2.56. The highest BCUT2D eigenvalue weighted by molar-refractivity contribution is 6.48. The third-order valence-corrected chi connectivity index (χ3v) is 6.88. The van der Waals surface area contributed by atoms with Crippen LogP contribution in [0, 0.1) is 11.8 Å². The summed E-state index contributed by atoms with van der Waals surface area (Å²) in [6.45, 7) is 14.1. The van der Waals surface area contributed by atoms with Gasteiger partial charge >= 0.3 is 0 Å². The van der Waals surface area contributed by atoms with Crippen LogP contribution < -0.4 is 0 Å². The second-order valence-corrected chi connectivity index (χ2v) is 9.69. The number of fused-ring (bicyclic) bond motifs is 3. The molecule has 4 nitrogen and oxygen atoms in total. The lowest BCUT2D eigenvalue weighted by atomic mass is 9.99. The van der Waals surface area contributed by atoms with E-state index in [2.05, 4.69) is 47.5 Å². The maximum Gasteiger partial charge on any atom is 0.175 e. The van der Waals surface area contributed by atoms with Crippen LogP contribution in [-0.2, 0) is 0 Å². The summed E-state index contributed by atoms with van der Waals surface area (Å²) in [5.41, 5.74) is 0. The van der Waals surface area contributed by atoms with E-state index in [1.54, 1.807) is 0 Å². The zero-order valence-electron chi connectivity index (χ0n) is 16.7. The number of nitrogens with zero attached hydrogens (tertiary/aromatic N) is 4. The molecule has 0 aliphatic carbocycles. The van der Waals surface area contributed by atoms with Crippen molar-refractivity contribution in [3.8, 4) is 0 Å². The molecule has 0 radical (unpaired) electrons. The normalized spacial score (nSPS) is 36.2. The van der Waals surface area contributed by atoms with E-state index in [0.29, 0.717) is 11.8 Å². The van der Waals surface area contributed by atoms with Gasteiger partial charge in [-0.1, -0.05) is 49.9 Å². The summed E-state index contributed by atoms with van der Waals surface area (Å²) >= 11 is 14.1. The first kappa shape index (κ1) is 21.7. The third-order valence-electron chi connectivity index (χ3n) is 5.78. The van der Waals surface area contributed by atoms with E-state index in [1.807, 2.05) is 0 Å². The lowest BCUT2D eigenvalue weighted by Gasteiger charge is -2.45. The summed E-state index contributed by atoms with van der Waals surface area (Å²) in [6, 6.07) is 0. The van der Waals surface area contributed by atoms with Crippen molar-refractivity contribution >= 4 is 23.2 Å². The van der Waals surface area contributed by atoms with Crippen LogP contribution in [0.3, 0.4) is 0 Å². The topological polar surface area (TPSA) is 13.0 Å². The molecule has 25 heavy (non-hydrogen) atoms. The zero-order valence-corrected chi connectivity index (χ0v) is 18.2. The quantitative estimate of drug-likeness (QED) is 0.540. The summed E-state index contributed by atoms with van der Waals surface area (Å²) in [4.78, 5) is 9.81. The molecule has 4 unspecified atom stereocenters. The van der Waals surface area contributed by atoms with Gasteiger partial charge in [-0.15, -0.1) is 0 Å².